The van der Waals surface area contributed by atoms with E-state index in [1.165, 1.54) is 0 Å². The lowest BCUT2D eigenvalue weighted by molar-refractivity contribution is 0.373. The Morgan fingerprint density at radius 1 is 1.53 bits per heavy atom. The summed E-state index contributed by atoms with van der Waals surface area (Å²) < 4.78 is 5.02. The van der Waals surface area contributed by atoms with Crippen molar-refractivity contribution in [3.8, 4) is 11.5 Å². The highest BCUT2D eigenvalue weighted by Gasteiger charge is 2.01. The molecule has 0 radical (unpaired) electrons. The van der Waals surface area contributed by atoms with E-state index in [1.54, 1.807) is 13.2 Å². The van der Waals surface area contributed by atoms with Crippen molar-refractivity contribution in [1.82, 2.24) is 5.32 Å². The van der Waals surface area contributed by atoms with Gasteiger partial charge in [-0.15, -0.1) is 0 Å². The van der Waals surface area contributed by atoms with Crippen molar-refractivity contribution in [3.05, 3.63) is 35.9 Å². The van der Waals surface area contributed by atoms with Crippen LogP contribution in [0.2, 0.25) is 0 Å². The molecule has 0 heterocycles. The molecule has 0 unspecified atom stereocenters. The number of aromatic hydroxyl groups is 1. The van der Waals surface area contributed by atoms with Gasteiger partial charge in [-0.25, -0.2) is 0 Å². The van der Waals surface area contributed by atoms with Crippen molar-refractivity contribution in [2.75, 3.05) is 13.7 Å². The third-order valence-electron chi connectivity index (χ3n) is 2.00. The van der Waals surface area contributed by atoms with Gasteiger partial charge >= 0.3 is 0 Å². The van der Waals surface area contributed by atoms with Crippen LogP contribution >= 0.6 is 0 Å². The van der Waals surface area contributed by atoms with Crippen molar-refractivity contribution >= 4 is 0 Å². The van der Waals surface area contributed by atoms with Crippen LogP contribution in [0.25, 0.3) is 0 Å². The summed E-state index contributed by atoms with van der Waals surface area (Å²) in [5.41, 5.74) is 2.17. The first-order valence-electron chi connectivity index (χ1n) is 4.84. The molecule has 15 heavy (non-hydrogen) atoms. The zero-order valence-corrected chi connectivity index (χ0v) is 9.21. The van der Waals surface area contributed by atoms with Crippen molar-refractivity contribution in [2.24, 2.45) is 0 Å². The van der Waals surface area contributed by atoms with Crippen molar-refractivity contribution in [3.63, 3.8) is 0 Å². The molecule has 0 saturated carbocycles. The Balaban J connectivity index is 2.58. The lowest BCUT2D eigenvalue weighted by Crippen LogP contribution is -2.15. The van der Waals surface area contributed by atoms with Gasteiger partial charge in [-0.1, -0.05) is 18.2 Å². The van der Waals surface area contributed by atoms with E-state index in [0.29, 0.717) is 5.75 Å². The van der Waals surface area contributed by atoms with Crippen LogP contribution in [0, 0.1) is 0 Å². The minimum Gasteiger partial charge on any atom is -0.504 e. The van der Waals surface area contributed by atoms with Crippen LogP contribution in [-0.4, -0.2) is 18.8 Å². The molecular formula is C12H17NO2. The average Bonchev–Trinajstić information content (AvgIpc) is 2.20. The Morgan fingerprint density at radius 3 is 2.87 bits per heavy atom. The van der Waals surface area contributed by atoms with Gasteiger partial charge in [0.2, 0.25) is 0 Å². The molecule has 3 heteroatoms. The summed E-state index contributed by atoms with van der Waals surface area (Å²) in [6.07, 6.45) is 0. The predicted molar refractivity (Wildman–Crippen MR) is 61.2 cm³/mol. The Kier molecular flexibility index (Phi) is 4.18. The highest BCUT2D eigenvalue weighted by molar-refractivity contribution is 5.41. The van der Waals surface area contributed by atoms with E-state index in [2.05, 4.69) is 11.9 Å². The number of phenolic OH excluding ortho intramolecular Hbond substituents is 1. The number of hydrogen-bond donors (Lipinski definition) is 2. The summed E-state index contributed by atoms with van der Waals surface area (Å²) in [6, 6.07) is 5.32. The SMILES string of the molecule is C=C(C)CNCc1ccc(O)c(OC)c1. The normalized spacial score (nSPS) is 10.0. The second-order valence-corrected chi connectivity index (χ2v) is 3.57. The summed E-state index contributed by atoms with van der Waals surface area (Å²) in [5.74, 6) is 0.672. The number of nitrogens with one attached hydrogen (secondary N) is 1. The maximum Gasteiger partial charge on any atom is 0.160 e. The van der Waals surface area contributed by atoms with E-state index < -0.39 is 0 Å². The molecule has 0 aromatic heterocycles. The second-order valence-electron chi connectivity index (χ2n) is 3.57. The first kappa shape index (κ1) is 11.6. The number of phenols is 1. The fourth-order valence-electron chi connectivity index (χ4n) is 1.25. The summed E-state index contributed by atoms with van der Waals surface area (Å²) in [6.45, 7) is 7.32. The first-order chi connectivity index (χ1) is 7.13. The minimum atomic E-state index is 0.168. The predicted octanol–water partition coefficient (Wildman–Crippen LogP) is 2.07. The van der Waals surface area contributed by atoms with E-state index in [-0.39, 0.29) is 5.75 Å². The monoisotopic (exact) mass is 207 g/mol. The van der Waals surface area contributed by atoms with Crippen molar-refractivity contribution in [1.29, 1.82) is 0 Å². The van der Waals surface area contributed by atoms with Crippen molar-refractivity contribution < 1.29 is 9.84 Å². The van der Waals surface area contributed by atoms with E-state index in [1.807, 2.05) is 19.1 Å². The molecule has 82 valence electrons. The molecule has 0 aliphatic carbocycles. The smallest absolute Gasteiger partial charge is 0.160 e. The molecule has 0 fully saturated rings. The number of rotatable bonds is 5. The Hall–Kier alpha value is -1.48. The third-order valence-corrected chi connectivity index (χ3v) is 2.00. The van der Waals surface area contributed by atoms with Gasteiger partial charge in [0.15, 0.2) is 11.5 Å². The Bertz CT molecular complexity index is 347. The van der Waals surface area contributed by atoms with E-state index in [4.69, 9.17) is 4.74 Å². The number of benzene rings is 1. The molecule has 1 aromatic carbocycles. The van der Waals surface area contributed by atoms with Crippen molar-refractivity contribution in [2.45, 2.75) is 13.5 Å². The number of ether oxygens (including phenoxy) is 1. The summed E-state index contributed by atoms with van der Waals surface area (Å²) in [7, 11) is 1.54. The fraction of sp³-hybridized carbons (Fsp3) is 0.333. The molecule has 3 nitrogen and oxygen atoms in total. The van der Waals surface area contributed by atoms with Gasteiger partial charge in [-0.3, -0.25) is 0 Å². The minimum absolute atomic E-state index is 0.168. The molecule has 0 saturated heterocycles. The largest absolute Gasteiger partial charge is 0.504 e. The molecule has 0 bridgehead atoms. The summed E-state index contributed by atoms with van der Waals surface area (Å²) >= 11 is 0. The van der Waals surface area contributed by atoms with Crippen LogP contribution in [0.5, 0.6) is 11.5 Å². The highest BCUT2D eigenvalue weighted by atomic mass is 16.5. The molecular weight excluding hydrogens is 190 g/mol. The van der Waals surface area contributed by atoms with Crippen LogP contribution in [0.3, 0.4) is 0 Å². The van der Waals surface area contributed by atoms with E-state index in [0.717, 1.165) is 24.2 Å². The topological polar surface area (TPSA) is 41.5 Å². The summed E-state index contributed by atoms with van der Waals surface area (Å²) in [5, 5.41) is 12.6. The standard InChI is InChI=1S/C12H17NO2/c1-9(2)7-13-8-10-4-5-11(14)12(6-10)15-3/h4-6,13-14H,1,7-8H2,2-3H3. The summed E-state index contributed by atoms with van der Waals surface area (Å²) in [4.78, 5) is 0. The van der Waals surface area contributed by atoms with Gasteiger partial charge in [-0.05, 0) is 24.6 Å². The zero-order chi connectivity index (χ0) is 11.3. The fourth-order valence-corrected chi connectivity index (χ4v) is 1.25. The zero-order valence-electron chi connectivity index (χ0n) is 9.21. The molecule has 0 amide bonds. The van der Waals surface area contributed by atoms with Crippen LogP contribution in [0.1, 0.15) is 12.5 Å². The lowest BCUT2D eigenvalue weighted by atomic mass is 10.2. The molecule has 0 spiro atoms. The molecule has 0 aliphatic rings. The molecule has 2 N–H and O–H groups in total. The lowest BCUT2D eigenvalue weighted by Gasteiger charge is -2.07. The second kappa shape index (κ2) is 5.41. The van der Waals surface area contributed by atoms with Gasteiger partial charge in [0.25, 0.3) is 0 Å². The van der Waals surface area contributed by atoms with E-state index in [9.17, 15) is 5.11 Å². The third kappa shape index (κ3) is 3.64. The van der Waals surface area contributed by atoms with E-state index >= 15 is 0 Å². The Labute approximate surface area is 90.4 Å². The van der Waals surface area contributed by atoms with Gasteiger partial charge < -0.3 is 15.2 Å². The number of methoxy groups -OCH3 is 1. The van der Waals surface area contributed by atoms with Gasteiger partial charge in [0.05, 0.1) is 7.11 Å². The van der Waals surface area contributed by atoms with Gasteiger partial charge in [0, 0.05) is 13.1 Å². The maximum absolute atomic E-state index is 9.39. The molecule has 0 aliphatic heterocycles. The Morgan fingerprint density at radius 2 is 2.27 bits per heavy atom. The average molecular weight is 207 g/mol. The maximum atomic E-state index is 9.39. The quantitative estimate of drug-likeness (QED) is 0.726. The van der Waals surface area contributed by atoms with Crippen LogP contribution in [0.4, 0.5) is 0 Å². The van der Waals surface area contributed by atoms with Gasteiger partial charge in [0.1, 0.15) is 0 Å². The first-order valence-corrected chi connectivity index (χ1v) is 4.84. The van der Waals surface area contributed by atoms with Crippen LogP contribution in [-0.2, 0) is 6.54 Å². The number of hydrogen-bond acceptors (Lipinski definition) is 3. The molecule has 1 aromatic rings. The van der Waals surface area contributed by atoms with Crippen LogP contribution < -0.4 is 10.1 Å². The van der Waals surface area contributed by atoms with Gasteiger partial charge in [-0.2, -0.15) is 0 Å². The highest BCUT2D eigenvalue weighted by Crippen LogP contribution is 2.25. The molecule has 0 atom stereocenters. The molecule has 1 rings (SSSR count). The van der Waals surface area contributed by atoms with Crippen LogP contribution in [0.15, 0.2) is 30.4 Å².